The molecule has 1 aromatic heterocycles. The van der Waals surface area contributed by atoms with Gasteiger partial charge in [-0.3, -0.25) is 4.79 Å². The summed E-state index contributed by atoms with van der Waals surface area (Å²) in [6, 6.07) is -0.401. The molecule has 0 saturated carbocycles. The number of thiazole rings is 1. The van der Waals surface area contributed by atoms with Gasteiger partial charge in [0.1, 0.15) is 6.04 Å². The standard InChI is InChI=1S/C9H13N3O3S/c1-5(7(13)10-2)11-9-12-6(4-16-9)8(14)15-3/h4-5H,1-3H3,(H,10,13)(H,11,12). The summed E-state index contributed by atoms with van der Waals surface area (Å²) in [6.07, 6.45) is 0. The number of likely N-dealkylation sites (N-methyl/N-ethyl adjacent to an activating group) is 1. The van der Waals surface area contributed by atoms with Gasteiger partial charge >= 0.3 is 5.97 Å². The van der Waals surface area contributed by atoms with E-state index in [1.807, 2.05) is 0 Å². The molecule has 1 rings (SSSR count). The lowest BCUT2D eigenvalue weighted by Crippen LogP contribution is -2.35. The number of carbonyl (C=O) groups excluding carboxylic acids is 2. The van der Waals surface area contributed by atoms with E-state index in [1.54, 1.807) is 19.4 Å². The Kier molecular flexibility index (Phi) is 4.24. The molecule has 0 spiro atoms. The van der Waals surface area contributed by atoms with E-state index >= 15 is 0 Å². The summed E-state index contributed by atoms with van der Waals surface area (Å²) in [6.45, 7) is 1.71. The van der Waals surface area contributed by atoms with E-state index in [1.165, 1.54) is 18.4 Å². The maximum atomic E-state index is 11.2. The highest BCUT2D eigenvalue weighted by Gasteiger charge is 2.15. The number of methoxy groups -OCH3 is 1. The summed E-state index contributed by atoms with van der Waals surface area (Å²) in [5.41, 5.74) is 0.235. The van der Waals surface area contributed by atoms with Gasteiger partial charge in [0.15, 0.2) is 10.8 Å². The molecule has 88 valence electrons. The number of esters is 1. The maximum absolute atomic E-state index is 11.2. The summed E-state index contributed by atoms with van der Waals surface area (Å²) in [4.78, 5) is 26.3. The molecule has 1 amide bonds. The predicted molar refractivity (Wildman–Crippen MR) is 60.6 cm³/mol. The molecule has 1 atom stereocenters. The minimum atomic E-state index is -0.489. The van der Waals surface area contributed by atoms with Crippen LogP contribution in [0.25, 0.3) is 0 Å². The van der Waals surface area contributed by atoms with E-state index < -0.39 is 12.0 Å². The zero-order valence-corrected chi connectivity index (χ0v) is 10.1. The van der Waals surface area contributed by atoms with Gasteiger partial charge in [0.2, 0.25) is 5.91 Å². The number of hydrogen-bond donors (Lipinski definition) is 2. The van der Waals surface area contributed by atoms with Crippen molar-refractivity contribution in [3.8, 4) is 0 Å². The number of ether oxygens (including phenoxy) is 1. The Morgan fingerprint density at radius 2 is 2.25 bits per heavy atom. The second-order valence-electron chi connectivity index (χ2n) is 3.01. The number of nitrogens with zero attached hydrogens (tertiary/aromatic N) is 1. The van der Waals surface area contributed by atoms with Crippen LogP contribution in [0.4, 0.5) is 5.13 Å². The number of anilines is 1. The van der Waals surface area contributed by atoms with Crippen LogP contribution in [-0.2, 0) is 9.53 Å². The highest BCUT2D eigenvalue weighted by molar-refractivity contribution is 7.13. The minimum absolute atomic E-state index is 0.144. The molecule has 0 aliphatic heterocycles. The molecule has 0 fully saturated rings. The van der Waals surface area contributed by atoms with Crippen molar-refractivity contribution >= 4 is 28.3 Å². The highest BCUT2D eigenvalue weighted by Crippen LogP contribution is 2.16. The van der Waals surface area contributed by atoms with Gasteiger partial charge in [-0.05, 0) is 6.92 Å². The van der Waals surface area contributed by atoms with Crippen molar-refractivity contribution in [2.24, 2.45) is 0 Å². The Morgan fingerprint density at radius 3 is 2.81 bits per heavy atom. The van der Waals surface area contributed by atoms with Gasteiger partial charge in [-0.15, -0.1) is 11.3 Å². The molecule has 0 aliphatic rings. The molecule has 0 aromatic carbocycles. The topological polar surface area (TPSA) is 80.3 Å². The lowest BCUT2D eigenvalue weighted by molar-refractivity contribution is -0.121. The summed E-state index contributed by atoms with van der Waals surface area (Å²) in [7, 11) is 2.85. The van der Waals surface area contributed by atoms with Crippen LogP contribution in [0.15, 0.2) is 5.38 Å². The number of carbonyl (C=O) groups is 2. The third-order valence-corrected chi connectivity index (χ3v) is 2.65. The summed E-state index contributed by atoms with van der Waals surface area (Å²) in [5, 5.41) is 7.47. The second-order valence-corrected chi connectivity index (χ2v) is 3.87. The normalized spacial score (nSPS) is 11.7. The lowest BCUT2D eigenvalue weighted by Gasteiger charge is -2.10. The van der Waals surface area contributed by atoms with Crippen LogP contribution in [-0.4, -0.2) is 37.1 Å². The average molecular weight is 243 g/mol. The van der Waals surface area contributed by atoms with E-state index in [-0.39, 0.29) is 11.6 Å². The zero-order chi connectivity index (χ0) is 12.1. The Balaban J connectivity index is 2.65. The van der Waals surface area contributed by atoms with E-state index in [0.717, 1.165) is 0 Å². The molecule has 1 unspecified atom stereocenters. The van der Waals surface area contributed by atoms with Crippen molar-refractivity contribution in [2.45, 2.75) is 13.0 Å². The zero-order valence-electron chi connectivity index (χ0n) is 9.23. The van der Waals surface area contributed by atoms with Crippen LogP contribution < -0.4 is 10.6 Å². The third-order valence-electron chi connectivity index (χ3n) is 1.88. The van der Waals surface area contributed by atoms with Gasteiger partial charge in [-0.2, -0.15) is 0 Å². The Hall–Kier alpha value is -1.63. The molecule has 1 heterocycles. The first kappa shape index (κ1) is 12.4. The van der Waals surface area contributed by atoms with E-state index in [4.69, 9.17) is 0 Å². The lowest BCUT2D eigenvalue weighted by atomic mass is 10.3. The SMILES string of the molecule is CNC(=O)C(C)Nc1nc(C(=O)OC)cs1. The largest absolute Gasteiger partial charge is 0.464 e. The quantitative estimate of drug-likeness (QED) is 0.752. The second kappa shape index (κ2) is 5.45. The molecule has 0 aliphatic carbocycles. The monoisotopic (exact) mass is 243 g/mol. The summed E-state index contributed by atoms with van der Waals surface area (Å²) in [5.74, 6) is -0.633. The van der Waals surface area contributed by atoms with Crippen molar-refractivity contribution in [1.29, 1.82) is 0 Å². The Labute approximate surface area is 97.0 Å². The van der Waals surface area contributed by atoms with Gasteiger partial charge in [-0.1, -0.05) is 0 Å². The number of rotatable bonds is 4. The van der Waals surface area contributed by atoms with E-state index in [9.17, 15) is 9.59 Å². The minimum Gasteiger partial charge on any atom is -0.464 e. The van der Waals surface area contributed by atoms with Crippen molar-refractivity contribution in [2.75, 3.05) is 19.5 Å². The molecule has 2 N–H and O–H groups in total. The third kappa shape index (κ3) is 2.93. The fourth-order valence-corrected chi connectivity index (χ4v) is 1.77. The fourth-order valence-electron chi connectivity index (χ4n) is 1.01. The molecule has 7 heteroatoms. The van der Waals surface area contributed by atoms with Crippen molar-refractivity contribution < 1.29 is 14.3 Å². The molecule has 0 bridgehead atoms. The van der Waals surface area contributed by atoms with E-state index in [0.29, 0.717) is 5.13 Å². The Bertz CT molecular complexity index is 391. The predicted octanol–water partition coefficient (Wildman–Crippen LogP) is 0.476. The van der Waals surface area contributed by atoms with Crippen molar-refractivity contribution in [1.82, 2.24) is 10.3 Å². The molecule has 0 radical (unpaired) electrons. The first-order chi connectivity index (χ1) is 7.58. The molecule has 6 nitrogen and oxygen atoms in total. The van der Waals surface area contributed by atoms with Crippen LogP contribution in [0, 0.1) is 0 Å². The molecular formula is C9H13N3O3S. The molecule has 16 heavy (non-hydrogen) atoms. The smallest absolute Gasteiger partial charge is 0.357 e. The number of aromatic nitrogens is 1. The number of amides is 1. The number of nitrogens with one attached hydrogen (secondary N) is 2. The summed E-state index contributed by atoms with van der Waals surface area (Å²) < 4.78 is 4.52. The molecular weight excluding hydrogens is 230 g/mol. The van der Waals surface area contributed by atoms with Gasteiger partial charge in [0.25, 0.3) is 0 Å². The maximum Gasteiger partial charge on any atom is 0.357 e. The Morgan fingerprint density at radius 1 is 1.56 bits per heavy atom. The van der Waals surface area contributed by atoms with Crippen molar-refractivity contribution in [3.05, 3.63) is 11.1 Å². The van der Waals surface area contributed by atoms with E-state index in [2.05, 4.69) is 20.4 Å². The fraction of sp³-hybridized carbons (Fsp3) is 0.444. The first-order valence-electron chi connectivity index (χ1n) is 4.60. The average Bonchev–Trinajstić information content (AvgIpc) is 2.75. The van der Waals surface area contributed by atoms with Gasteiger partial charge in [-0.25, -0.2) is 9.78 Å². The van der Waals surface area contributed by atoms with Crippen LogP contribution in [0.3, 0.4) is 0 Å². The van der Waals surface area contributed by atoms with Crippen LogP contribution >= 0.6 is 11.3 Å². The van der Waals surface area contributed by atoms with Crippen LogP contribution in [0.1, 0.15) is 17.4 Å². The van der Waals surface area contributed by atoms with Crippen LogP contribution in [0.5, 0.6) is 0 Å². The molecule has 1 aromatic rings. The van der Waals surface area contributed by atoms with Crippen molar-refractivity contribution in [3.63, 3.8) is 0 Å². The number of hydrogen-bond acceptors (Lipinski definition) is 6. The van der Waals surface area contributed by atoms with Gasteiger partial charge < -0.3 is 15.4 Å². The highest BCUT2D eigenvalue weighted by atomic mass is 32.1. The first-order valence-corrected chi connectivity index (χ1v) is 5.48. The van der Waals surface area contributed by atoms with Crippen LogP contribution in [0.2, 0.25) is 0 Å². The van der Waals surface area contributed by atoms with Gasteiger partial charge in [0.05, 0.1) is 7.11 Å². The summed E-state index contributed by atoms with van der Waals surface area (Å²) >= 11 is 1.25. The van der Waals surface area contributed by atoms with Gasteiger partial charge in [0, 0.05) is 12.4 Å². The molecule has 0 saturated heterocycles.